The van der Waals surface area contributed by atoms with Crippen molar-refractivity contribution in [3.63, 3.8) is 0 Å². The predicted octanol–water partition coefficient (Wildman–Crippen LogP) is 2.63. The number of benzene rings is 1. The maximum absolute atomic E-state index is 12.3. The highest BCUT2D eigenvalue weighted by atomic mass is 79.9. The average molecular weight is 362 g/mol. The van der Waals surface area contributed by atoms with E-state index in [0.29, 0.717) is 18.0 Å². The summed E-state index contributed by atoms with van der Waals surface area (Å²) in [4.78, 5) is 14.1. The Morgan fingerprint density at radius 1 is 1.29 bits per heavy atom. The molecule has 2 N–H and O–H groups in total. The highest BCUT2D eigenvalue weighted by Crippen LogP contribution is 2.23. The molecule has 1 fully saturated rings. The van der Waals surface area contributed by atoms with Crippen LogP contribution in [0.2, 0.25) is 0 Å². The first-order valence-corrected chi connectivity index (χ1v) is 7.07. The Hall–Kier alpha value is -0.390. The van der Waals surface area contributed by atoms with E-state index in [0.717, 1.165) is 15.5 Å². The van der Waals surface area contributed by atoms with Crippen LogP contribution in [0.5, 0.6) is 0 Å². The van der Waals surface area contributed by atoms with Gasteiger partial charge < -0.3 is 10.6 Å². The molecule has 1 aliphatic rings. The van der Waals surface area contributed by atoms with Gasteiger partial charge in [-0.1, -0.05) is 38.8 Å². The second-order valence-electron chi connectivity index (χ2n) is 4.51. The van der Waals surface area contributed by atoms with Gasteiger partial charge in [-0.05, 0) is 24.1 Å². The number of amides is 1. The van der Waals surface area contributed by atoms with Crippen molar-refractivity contribution in [3.05, 3.63) is 32.7 Å². The molecule has 2 atom stereocenters. The standard InChI is InChI=1S/C12H14Br2N2O/c1-7-5-16(6-11(7)15)12(17)8-2-9(13)4-10(14)3-8/h2-4,7,11H,5-6,15H2,1H3. The molecule has 1 amide bonds. The van der Waals surface area contributed by atoms with Gasteiger partial charge in [-0.3, -0.25) is 4.79 Å². The van der Waals surface area contributed by atoms with Crippen LogP contribution in [0.4, 0.5) is 0 Å². The SMILES string of the molecule is CC1CN(C(=O)c2cc(Br)cc(Br)c2)CC1N. The third-order valence-electron chi connectivity index (χ3n) is 3.07. The van der Waals surface area contributed by atoms with Crippen molar-refractivity contribution in [1.29, 1.82) is 0 Å². The molecule has 0 aromatic heterocycles. The Morgan fingerprint density at radius 3 is 2.35 bits per heavy atom. The predicted molar refractivity (Wildman–Crippen MR) is 74.9 cm³/mol. The van der Waals surface area contributed by atoms with Crippen LogP contribution in [0, 0.1) is 5.92 Å². The summed E-state index contributed by atoms with van der Waals surface area (Å²) >= 11 is 6.78. The lowest BCUT2D eigenvalue weighted by atomic mass is 10.1. The zero-order valence-electron chi connectivity index (χ0n) is 9.49. The number of halogens is 2. The van der Waals surface area contributed by atoms with Crippen LogP contribution >= 0.6 is 31.9 Å². The van der Waals surface area contributed by atoms with E-state index in [-0.39, 0.29) is 11.9 Å². The highest BCUT2D eigenvalue weighted by Gasteiger charge is 2.30. The summed E-state index contributed by atoms with van der Waals surface area (Å²) in [5.41, 5.74) is 6.62. The summed E-state index contributed by atoms with van der Waals surface area (Å²) < 4.78 is 1.79. The van der Waals surface area contributed by atoms with Crippen molar-refractivity contribution in [3.8, 4) is 0 Å². The summed E-state index contributed by atoms with van der Waals surface area (Å²) in [7, 11) is 0. The Balaban J connectivity index is 2.20. The van der Waals surface area contributed by atoms with Gasteiger partial charge in [0.05, 0.1) is 0 Å². The molecule has 1 aliphatic heterocycles. The molecule has 0 spiro atoms. The van der Waals surface area contributed by atoms with Crippen LogP contribution in [0.3, 0.4) is 0 Å². The molecule has 1 heterocycles. The molecule has 0 saturated carbocycles. The quantitative estimate of drug-likeness (QED) is 0.835. The first-order valence-electron chi connectivity index (χ1n) is 5.48. The number of hydrogen-bond acceptors (Lipinski definition) is 2. The zero-order valence-corrected chi connectivity index (χ0v) is 12.7. The average Bonchev–Trinajstić information content (AvgIpc) is 2.57. The molecule has 2 rings (SSSR count). The number of carbonyl (C=O) groups is 1. The molecule has 0 radical (unpaired) electrons. The second kappa shape index (κ2) is 5.08. The fourth-order valence-electron chi connectivity index (χ4n) is 2.02. The van der Waals surface area contributed by atoms with Gasteiger partial charge in [0, 0.05) is 33.6 Å². The summed E-state index contributed by atoms with van der Waals surface area (Å²) in [6.07, 6.45) is 0. The van der Waals surface area contributed by atoms with Crippen LogP contribution in [0.15, 0.2) is 27.1 Å². The molecule has 3 nitrogen and oxygen atoms in total. The third kappa shape index (κ3) is 2.89. The molecule has 0 aliphatic carbocycles. The minimum atomic E-state index is 0.0480. The number of carbonyl (C=O) groups excluding carboxylic acids is 1. The van der Waals surface area contributed by atoms with E-state index in [4.69, 9.17) is 5.73 Å². The van der Waals surface area contributed by atoms with E-state index in [1.807, 2.05) is 23.1 Å². The van der Waals surface area contributed by atoms with E-state index in [1.165, 1.54) is 0 Å². The Bertz CT molecular complexity index is 420. The van der Waals surface area contributed by atoms with Gasteiger partial charge in [0.1, 0.15) is 0 Å². The lowest BCUT2D eigenvalue weighted by molar-refractivity contribution is 0.0786. The monoisotopic (exact) mass is 360 g/mol. The van der Waals surface area contributed by atoms with Gasteiger partial charge >= 0.3 is 0 Å². The van der Waals surface area contributed by atoms with Gasteiger partial charge in [-0.15, -0.1) is 0 Å². The van der Waals surface area contributed by atoms with E-state index in [9.17, 15) is 4.79 Å². The van der Waals surface area contributed by atoms with E-state index in [2.05, 4.69) is 38.8 Å². The normalized spacial score (nSPS) is 24.1. The van der Waals surface area contributed by atoms with E-state index in [1.54, 1.807) is 0 Å². The largest absolute Gasteiger partial charge is 0.337 e. The Morgan fingerprint density at radius 2 is 1.88 bits per heavy atom. The van der Waals surface area contributed by atoms with Crippen LogP contribution in [-0.2, 0) is 0 Å². The van der Waals surface area contributed by atoms with Gasteiger partial charge in [-0.2, -0.15) is 0 Å². The van der Waals surface area contributed by atoms with E-state index < -0.39 is 0 Å². The summed E-state index contributed by atoms with van der Waals surface area (Å²) in [5, 5.41) is 0. The smallest absolute Gasteiger partial charge is 0.253 e. The molecule has 92 valence electrons. The molecular weight excluding hydrogens is 348 g/mol. The Labute approximate surface area is 118 Å². The number of hydrogen-bond donors (Lipinski definition) is 1. The van der Waals surface area contributed by atoms with Crippen molar-refractivity contribution < 1.29 is 4.79 Å². The summed E-state index contributed by atoms with van der Waals surface area (Å²) in [6.45, 7) is 3.46. The molecular formula is C12H14Br2N2O. The second-order valence-corrected chi connectivity index (χ2v) is 6.34. The maximum atomic E-state index is 12.3. The number of likely N-dealkylation sites (tertiary alicyclic amines) is 1. The molecule has 2 unspecified atom stereocenters. The van der Waals surface area contributed by atoms with Crippen molar-refractivity contribution in [2.45, 2.75) is 13.0 Å². The first kappa shape index (κ1) is 13.1. The van der Waals surface area contributed by atoms with Gasteiger partial charge in [-0.25, -0.2) is 0 Å². The lowest BCUT2D eigenvalue weighted by Crippen LogP contribution is -2.32. The van der Waals surface area contributed by atoms with Crippen LogP contribution < -0.4 is 5.73 Å². The molecule has 0 bridgehead atoms. The summed E-state index contributed by atoms with van der Waals surface area (Å²) in [5.74, 6) is 0.418. The lowest BCUT2D eigenvalue weighted by Gasteiger charge is -2.16. The minimum absolute atomic E-state index is 0.0480. The van der Waals surface area contributed by atoms with Crippen molar-refractivity contribution >= 4 is 37.8 Å². The highest BCUT2D eigenvalue weighted by molar-refractivity contribution is 9.11. The van der Waals surface area contributed by atoms with Crippen molar-refractivity contribution in [2.75, 3.05) is 13.1 Å². The molecule has 1 saturated heterocycles. The van der Waals surface area contributed by atoms with Crippen molar-refractivity contribution in [1.82, 2.24) is 4.90 Å². The fraction of sp³-hybridized carbons (Fsp3) is 0.417. The van der Waals surface area contributed by atoms with Gasteiger partial charge in [0.25, 0.3) is 5.91 Å². The first-order chi connectivity index (χ1) is 7.97. The summed E-state index contributed by atoms with van der Waals surface area (Å²) in [6, 6.07) is 5.67. The van der Waals surface area contributed by atoms with Gasteiger partial charge in [0.15, 0.2) is 0 Å². The topological polar surface area (TPSA) is 46.3 Å². The molecule has 1 aromatic carbocycles. The van der Waals surface area contributed by atoms with Gasteiger partial charge in [0.2, 0.25) is 0 Å². The maximum Gasteiger partial charge on any atom is 0.253 e. The minimum Gasteiger partial charge on any atom is -0.337 e. The number of nitrogens with two attached hydrogens (primary N) is 1. The number of rotatable bonds is 1. The van der Waals surface area contributed by atoms with Crippen LogP contribution in [-0.4, -0.2) is 29.9 Å². The third-order valence-corrected chi connectivity index (χ3v) is 3.98. The molecule has 5 heteroatoms. The molecule has 1 aromatic rings. The molecule has 17 heavy (non-hydrogen) atoms. The van der Waals surface area contributed by atoms with Crippen LogP contribution in [0.25, 0.3) is 0 Å². The van der Waals surface area contributed by atoms with E-state index >= 15 is 0 Å². The van der Waals surface area contributed by atoms with Crippen LogP contribution in [0.1, 0.15) is 17.3 Å². The number of nitrogens with zero attached hydrogens (tertiary/aromatic N) is 1. The fourth-order valence-corrected chi connectivity index (χ4v) is 3.31. The Kier molecular flexibility index (Phi) is 3.90. The zero-order chi connectivity index (χ0) is 12.6. The van der Waals surface area contributed by atoms with Crippen molar-refractivity contribution in [2.24, 2.45) is 11.7 Å².